The summed E-state index contributed by atoms with van der Waals surface area (Å²) in [6, 6.07) is 13.1. The summed E-state index contributed by atoms with van der Waals surface area (Å²) in [5.41, 5.74) is 4.28. The standard InChI is InChI=1S/C31H32BNO2.C2H6/c1-6-13-23(22-33)20-26(32-34-30(2,3)31(4,5)35-32)19-18-25-21-24-14-9-7-8-10-15-27(24)29-17-12-11-16-28(25)29;1-2/h6,10-12,15-17,19-21H,1,8,13-14,18H2,2-5H3;1-2H3/b15-10-,23-20+,26-19+;. The number of fused-ring (bicyclic) bond motifs is 3. The van der Waals surface area contributed by atoms with Crippen LogP contribution < -0.4 is 0 Å². The molecule has 0 radical (unpaired) electrons. The van der Waals surface area contributed by atoms with Crippen molar-refractivity contribution in [1.29, 1.82) is 5.26 Å². The quantitative estimate of drug-likeness (QED) is 0.135. The van der Waals surface area contributed by atoms with Gasteiger partial charge in [0.15, 0.2) is 0 Å². The maximum absolute atomic E-state index is 9.67. The van der Waals surface area contributed by atoms with Crippen LogP contribution in [-0.4, -0.2) is 18.3 Å². The van der Waals surface area contributed by atoms with Crippen molar-refractivity contribution in [2.24, 2.45) is 0 Å². The molecule has 4 heteroatoms. The lowest BCUT2D eigenvalue weighted by atomic mass is 9.76. The van der Waals surface area contributed by atoms with E-state index >= 15 is 0 Å². The second-order valence-electron chi connectivity index (χ2n) is 10.1. The highest BCUT2D eigenvalue weighted by atomic mass is 16.7. The molecular weight excluding hydrogens is 453 g/mol. The summed E-state index contributed by atoms with van der Waals surface area (Å²) in [4.78, 5) is 0. The Balaban J connectivity index is 0.00000186. The summed E-state index contributed by atoms with van der Waals surface area (Å²) in [5.74, 6) is 6.51. The number of nitrogens with zero attached hydrogens (tertiary/aromatic N) is 1. The van der Waals surface area contributed by atoms with E-state index in [2.05, 4.69) is 73.0 Å². The van der Waals surface area contributed by atoms with E-state index in [9.17, 15) is 5.26 Å². The van der Waals surface area contributed by atoms with Crippen molar-refractivity contribution in [2.75, 3.05) is 0 Å². The molecule has 2 aromatic carbocycles. The highest BCUT2D eigenvalue weighted by Gasteiger charge is 2.52. The minimum atomic E-state index is -0.544. The lowest BCUT2D eigenvalue weighted by Gasteiger charge is -2.32. The van der Waals surface area contributed by atoms with Crippen molar-refractivity contribution in [3.05, 3.63) is 89.0 Å². The summed E-state index contributed by atoms with van der Waals surface area (Å²) in [5, 5.41) is 12.1. The Labute approximate surface area is 223 Å². The molecule has 37 heavy (non-hydrogen) atoms. The molecule has 1 saturated heterocycles. The summed E-state index contributed by atoms with van der Waals surface area (Å²) in [7, 11) is -0.544. The van der Waals surface area contributed by atoms with E-state index in [0.29, 0.717) is 18.4 Å². The van der Waals surface area contributed by atoms with Crippen LogP contribution in [0, 0.1) is 23.2 Å². The normalized spacial score (nSPS) is 18.8. The van der Waals surface area contributed by atoms with Gasteiger partial charge in [0.1, 0.15) is 0 Å². The van der Waals surface area contributed by atoms with Gasteiger partial charge in [0.2, 0.25) is 0 Å². The van der Waals surface area contributed by atoms with Gasteiger partial charge in [-0.25, -0.2) is 0 Å². The van der Waals surface area contributed by atoms with E-state index in [-0.39, 0.29) is 0 Å². The molecule has 0 saturated carbocycles. The summed E-state index contributed by atoms with van der Waals surface area (Å²) >= 11 is 0. The number of hydrogen-bond acceptors (Lipinski definition) is 3. The Hall–Kier alpha value is -3.31. The van der Waals surface area contributed by atoms with Crippen LogP contribution in [0.4, 0.5) is 0 Å². The molecule has 0 amide bonds. The highest BCUT2D eigenvalue weighted by Crippen LogP contribution is 2.39. The van der Waals surface area contributed by atoms with E-state index in [1.165, 1.54) is 27.5 Å². The third kappa shape index (κ3) is 6.34. The maximum atomic E-state index is 9.67. The minimum absolute atomic E-state index is 0.462. The van der Waals surface area contributed by atoms with Gasteiger partial charge >= 0.3 is 7.12 Å². The van der Waals surface area contributed by atoms with E-state index < -0.39 is 18.3 Å². The molecule has 3 nitrogen and oxygen atoms in total. The number of hydrogen-bond donors (Lipinski definition) is 0. The summed E-state index contributed by atoms with van der Waals surface area (Å²) in [6.45, 7) is 16.0. The molecular formula is C33H38BNO2. The third-order valence-electron chi connectivity index (χ3n) is 7.10. The highest BCUT2D eigenvalue weighted by molar-refractivity contribution is 6.55. The largest absolute Gasteiger partial charge is 0.494 e. The lowest BCUT2D eigenvalue weighted by molar-refractivity contribution is 0.00578. The molecule has 1 fully saturated rings. The van der Waals surface area contributed by atoms with Crippen molar-refractivity contribution in [2.45, 2.75) is 78.4 Å². The van der Waals surface area contributed by atoms with Crippen molar-refractivity contribution >= 4 is 24.0 Å². The first kappa shape index (κ1) is 28.3. The minimum Gasteiger partial charge on any atom is -0.399 e. The molecule has 190 valence electrons. The van der Waals surface area contributed by atoms with Gasteiger partial charge in [-0.1, -0.05) is 80.3 Å². The van der Waals surface area contributed by atoms with Crippen LogP contribution in [-0.2, 0) is 22.2 Å². The molecule has 2 aliphatic rings. The predicted octanol–water partition coefficient (Wildman–Crippen LogP) is 7.96. The molecule has 2 aromatic rings. The molecule has 1 aliphatic carbocycles. The number of nitriles is 1. The van der Waals surface area contributed by atoms with Crippen LogP contribution in [0.25, 0.3) is 16.8 Å². The number of rotatable bonds is 6. The first-order chi connectivity index (χ1) is 17.8. The van der Waals surface area contributed by atoms with Gasteiger partial charge in [0.05, 0.1) is 17.3 Å². The lowest BCUT2D eigenvalue weighted by Crippen LogP contribution is -2.41. The van der Waals surface area contributed by atoms with Crippen LogP contribution in [0.15, 0.2) is 72.3 Å². The van der Waals surface area contributed by atoms with Crippen LogP contribution >= 0.6 is 0 Å². The fourth-order valence-electron chi connectivity index (χ4n) is 4.44. The first-order valence-corrected chi connectivity index (χ1v) is 13.2. The van der Waals surface area contributed by atoms with Gasteiger partial charge < -0.3 is 9.31 Å². The number of allylic oxidation sites excluding steroid dienone is 6. The Morgan fingerprint density at radius 2 is 1.78 bits per heavy atom. The average molecular weight is 491 g/mol. The molecule has 0 unspecified atom stereocenters. The van der Waals surface area contributed by atoms with Crippen LogP contribution in [0.1, 0.15) is 71.1 Å². The SMILES string of the molecule is C=CC/C(C#N)=C\C(=C/Cc1cc2c(c3ccccc13)/C=C\CC#CC2)B1OC(C)(C)C(C)(C)O1.CC. The zero-order chi connectivity index (χ0) is 27.1. The van der Waals surface area contributed by atoms with Crippen LogP contribution in [0.5, 0.6) is 0 Å². The maximum Gasteiger partial charge on any atom is 0.494 e. The van der Waals surface area contributed by atoms with Gasteiger partial charge in [0.25, 0.3) is 0 Å². The molecule has 0 aromatic heterocycles. The number of benzene rings is 2. The third-order valence-corrected chi connectivity index (χ3v) is 7.10. The van der Waals surface area contributed by atoms with E-state index in [1.54, 1.807) is 6.08 Å². The molecule has 0 N–H and O–H groups in total. The summed E-state index contributed by atoms with van der Waals surface area (Å²) < 4.78 is 12.7. The van der Waals surface area contributed by atoms with Gasteiger partial charge in [0, 0.05) is 24.8 Å². The van der Waals surface area contributed by atoms with Crippen molar-refractivity contribution in [3.8, 4) is 17.9 Å². The van der Waals surface area contributed by atoms with Crippen LogP contribution in [0.2, 0.25) is 0 Å². The molecule has 4 rings (SSSR count). The van der Waals surface area contributed by atoms with Crippen molar-refractivity contribution in [3.63, 3.8) is 0 Å². The zero-order valence-electron chi connectivity index (χ0n) is 23.2. The molecule has 1 aliphatic heterocycles. The van der Waals surface area contributed by atoms with Gasteiger partial charge in [-0.05, 0) is 73.1 Å². The second-order valence-corrected chi connectivity index (χ2v) is 10.1. The van der Waals surface area contributed by atoms with Gasteiger partial charge in [-0.15, -0.1) is 6.58 Å². The Kier molecular flexibility index (Phi) is 9.39. The Bertz CT molecular complexity index is 1330. The fourth-order valence-corrected chi connectivity index (χ4v) is 4.44. The zero-order valence-corrected chi connectivity index (χ0v) is 23.2. The topological polar surface area (TPSA) is 42.2 Å². The van der Waals surface area contributed by atoms with Crippen molar-refractivity contribution < 1.29 is 9.31 Å². The monoisotopic (exact) mass is 491 g/mol. The van der Waals surface area contributed by atoms with Gasteiger partial charge in [-0.3, -0.25) is 0 Å². The van der Waals surface area contributed by atoms with Crippen molar-refractivity contribution in [1.82, 2.24) is 0 Å². The Morgan fingerprint density at radius 1 is 1.11 bits per heavy atom. The molecule has 1 heterocycles. The predicted molar refractivity (Wildman–Crippen MR) is 157 cm³/mol. The van der Waals surface area contributed by atoms with E-state index in [1.807, 2.05) is 47.6 Å². The van der Waals surface area contributed by atoms with Gasteiger partial charge in [-0.2, -0.15) is 5.26 Å². The second kappa shape index (κ2) is 12.3. The van der Waals surface area contributed by atoms with Crippen LogP contribution in [0.3, 0.4) is 0 Å². The summed E-state index contributed by atoms with van der Waals surface area (Å²) in [6.07, 6.45) is 12.8. The smallest absolute Gasteiger partial charge is 0.399 e. The molecule has 0 atom stereocenters. The average Bonchev–Trinajstić information content (AvgIpc) is 3.09. The molecule has 0 bridgehead atoms. The van der Waals surface area contributed by atoms with E-state index in [4.69, 9.17) is 9.31 Å². The Morgan fingerprint density at radius 3 is 2.43 bits per heavy atom. The first-order valence-electron chi connectivity index (χ1n) is 13.2. The molecule has 0 spiro atoms. The fraction of sp³-hybridized carbons (Fsp3) is 0.364. The van der Waals surface area contributed by atoms with E-state index in [0.717, 1.165) is 18.3 Å².